The molecule has 84 valence electrons. The molecule has 1 aliphatic heterocycles. The van der Waals surface area contributed by atoms with Crippen LogP contribution in [0.4, 0.5) is 13.2 Å². The molecule has 0 amide bonds. The highest BCUT2D eigenvalue weighted by Crippen LogP contribution is 2.20. The van der Waals surface area contributed by atoms with Gasteiger partial charge in [-0.1, -0.05) is 0 Å². The van der Waals surface area contributed by atoms with Crippen molar-refractivity contribution in [2.45, 2.75) is 25.2 Å². The minimum atomic E-state index is -4.22. The summed E-state index contributed by atoms with van der Waals surface area (Å²) in [4.78, 5) is 0. The van der Waals surface area contributed by atoms with E-state index in [1.165, 1.54) is 0 Å². The number of hydrogen-bond acceptors (Lipinski definition) is 3. The van der Waals surface area contributed by atoms with Gasteiger partial charge in [0.2, 0.25) is 0 Å². The molecule has 1 unspecified atom stereocenters. The Morgan fingerprint density at radius 2 is 1.71 bits per heavy atom. The fraction of sp³-hybridized carbons (Fsp3) is 1.00. The predicted octanol–water partition coefficient (Wildman–Crippen LogP) is 0.942. The lowest BCUT2D eigenvalue weighted by Gasteiger charge is -2.22. The van der Waals surface area contributed by atoms with Crippen LogP contribution in [0, 0.1) is 0 Å². The first-order chi connectivity index (χ1) is 6.50. The molecule has 1 aliphatic rings. The molecule has 0 aromatic rings. The van der Waals surface area contributed by atoms with E-state index in [0.717, 1.165) is 6.92 Å². The number of halogens is 3. The first-order valence-corrected chi connectivity index (χ1v) is 4.48. The Balaban J connectivity index is 2.34. The largest absolute Gasteiger partial charge is 0.403 e. The summed E-state index contributed by atoms with van der Waals surface area (Å²) in [6.07, 6.45) is -4.22. The standard InChI is InChI=1S/C8H14F3NO2/c1-6(8(9,10)11)12-7-4-13-2-3-14-5-7/h6-7,12H,2-5H2,1H3. The molecular weight excluding hydrogens is 199 g/mol. The Morgan fingerprint density at radius 3 is 2.14 bits per heavy atom. The summed E-state index contributed by atoms with van der Waals surface area (Å²) in [6.45, 7) is 2.50. The summed E-state index contributed by atoms with van der Waals surface area (Å²) < 4.78 is 46.6. The fourth-order valence-electron chi connectivity index (χ4n) is 1.16. The van der Waals surface area contributed by atoms with Gasteiger partial charge in [-0.25, -0.2) is 0 Å². The summed E-state index contributed by atoms with van der Waals surface area (Å²) >= 11 is 0. The molecule has 0 bridgehead atoms. The van der Waals surface area contributed by atoms with E-state index in [9.17, 15) is 13.2 Å². The van der Waals surface area contributed by atoms with Crippen molar-refractivity contribution in [2.75, 3.05) is 26.4 Å². The zero-order valence-electron chi connectivity index (χ0n) is 7.93. The van der Waals surface area contributed by atoms with E-state index >= 15 is 0 Å². The van der Waals surface area contributed by atoms with Gasteiger partial charge >= 0.3 is 6.18 Å². The molecule has 6 heteroatoms. The topological polar surface area (TPSA) is 30.5 Å². The van der Waals surface area contributed by atoms with Crippen molar-refractivity contribution in [3.05, 3.63) is 0 Å². The third-order valence-electron chi connectivity index (χ3n) is 1.99. The van der Waals surface area contributed by atoms with E-state index in [-0.39, 0.29) is 19.3 Å². The second-order valence-corrected chi connectivity index (χ2v) is 3.28. The highest BCUT2D eigenvalue weighted by molar-refractivity contribution is 4.76. The van der Waals surface area contributed by atoms with Crippen LogP contribution in [-0.4, -0.2) is 44.7 Å². The third-order valence-corrected chi connectivity index (χ3v) is 1.99. The zero-order chi connectivity index (χ0) is 10.6. The quantitative estimate of drug-likeness (QED) is 0.740. The molecule has 0 aliphatic carbocycles. The van der Waals surface area contributed by atoms with Gasteiger partial charge in [0.1, 0.15) is 6.04 Å². The molecule has 1 fully saturated rings. The normalized spacial score (nSPS) is 23.1. The van der Waals surface area contributed by atoms with Gasteiger partial charge in [-0.05, 0) is 6.92 Å². The van der Waals surface area contributed by atoms with Crippen molar-refractivity contribution in [1.29, 1.82) is 0 Å². The van der Waals surface area contributed by atoms with E-state index in [0.29, 0.717) is 13.2 Å². The summed E-state index contributed by atoms with van der Waals surface area (Å²) in [5, 5.41) is 2.42. The Labute approximate surface area is 80.6 Å². The van der Waals surface area contributed by atoms with Crippen molar-refractivity contribution < 1.29 is 22.6 Å². The van der Waals surface area contributed by atoms with Gasteiger partial charge in [0.05, 0.1) is 32.5 Å². The van der Waals surface area contributed by atoms with Crippen molar-refractivity contribution >= 4 is 0 Å². The SMILES string of the molecule is CC(NC1COCCOC1)C(F)(F)F. The smallest absolute Gasteiger partial charge is 0.377 e. The van der Waals surface area contributed by atoms with E-state index in [1.807, 2.05) is 0 Å². The average molecular weight is 213 g/mol. The zero-order valence-corrected chi connectivity index (χ0v) is 7.93. The molecule has 0 radical (unpaired) electrons. The van der Waals surface area contributed by atoms with Crippen molar-refractivity contribution in [3.63, 3.8) is 0 Å². The van der Waals surface area contributed by atoms with Gasteiger partial charge in [0, 0.05) is 0 Å². The molecule has 0 spiro atoms. The van der Waals surface area contributed by atoms with Crippen LogP contribution in [0.25, 0.3) is 0 Å². The minimum Gasteiger partial charge on any atom is -0.377 e. The maximum absolute atomic E-state index is 12.2. The van der Waals surface area contributed by atoms with E-state index < -0.39 is 12.2 Å². The number of ether oxygens (including phenoxy) is 2. The highest BCUT2D eigenvalue weighted by atomic mass is 19.4. The maximum Gasteiger partial charge on any atom is 0.403 e. The maximum atomic E-state index is 12.2. The fourth-order valence-corrected chi connectivity index (χ4v) is 1.16. The molecule has 0 saturated carbocycles. The average Bonchev–Trinajstić information content (AvgIpc) is 2.31. The van der Waals surface area contributed by atoms with Crippen molar-refractivity contribution in [3.8, 4) is 0 Å². The lowest BCUT2D eigenvalue weighted by Crippen LogP contribution is -2.48. The molecule has 1 rings (SSSR count). The van der Waals surface area contributed by atoms with Crippen LogP contribution < -0.4 is 5.32 Å². The van der Waals surface area contributed by atoms with Crippen LogP contribution in [0.3, 0.4) is 0 Å². The van der Waals surface area contributed by atoms with E-state index in [4.69, 9.17) is 9.47 Å². The first kappa shape index (κ1) is 11.7. The molecule has 1 N–H and O–H groups in total. The summed E-state index contributed by atoms with van der Waals surface area (Å²) in [6, 6.07) is -1.91. The van der Waals surface area contributed by atoms with Crippen molar-refractivity contribution in [1.82, 2.24) is 5.32 Å². The lowest BCUT2D eigenvalue weighted by atomic mass is 10.2. The summed E-state index contributed by atoms with van der Waals surface area (Å²) in [5.41, 5.74) is 0. The molecule has 1 saturated heterocycles. The Hall–Kier alpha value is -0.330. The Bertz CT molecular complexity index is 166. The van der Waals surface area contributed by atoms with Crippen LogP contribution in [-0.2, 0) is 9.47 Å². The van der Waals surface area contributed by atoms with Crippen molar-refractivity contribution in [2.24, 2.45) is 0 Å². The van der Waals surface area contributed by atoms with Crippen LogP contribution >= 0.6 is 0 Å². The monoisotopic (exact) mass is 213 g/mol. The van der Waals surface area contributed by atoms with Gasteiger partial charge in [-0.3, -0.25) is 5.32 Å². The third kappa shape index (κ3) is 3.81. The lowest BCUT2D eigenvalue weighted by molar-refractivity contribution is -0.154. The van der Waals surface area contributed by atoms with Gasteiger partial charge in [-0.2, -0.15) is 13.2 Å². The molecule has 0 aromatic carbocycles. The molecule has 1 atom stereocenters. The Morgan fingerprint density at radius 1 is 1.21 bits per heavy atom. The van der Waals surface area contributed by atoms with E-state index in [2.05, 4.69) is 5.32 Å². The van der Waals surface area contributed by atoms with Gasteiger partial charge in [0.25, 0.3) is 0 Å². The molecule has 14 heavy (non-hydrogen) atoms. The summed E-state index contributed by atoms with van der Waals surface area (Å²) in [7, 11) is 0. The van der Waals surface area contributed by atoms with Gasteiger partial charge in [-0.15, -0.1) is 0 Å². The minimum absolute atomic E-state index is 0.264. The van der Waals surface area contributed by atoms with Crippen LogP contribution in [0.2, 0.25) is 0 Å². The number of hydrogen-bond donors (Lipinski definition) is 1. The molecule has 3 nitrogen and oxygen atoms in total. The first-order valence-electron chi connectivity index (χ1n) is 4.48. The molecule has 0 aromatic heterocycles. The number of nitrogens with one attached hydrogen (secondary N) is 1. The second kappa shape index (κ2) is 4.95. The Kier molecular flexibility index (Phi) is 4.15. The van der Waals surface area contributed by atoms with Crippen LogP contribution in [0.15, 0.2) is 0 Å². The van der Waals surface area contributed by atoms with Gasteiger partial charge in [0.15, 0.2) is 0 Å². The second-order valence-electron chi connectivity index (χ2n) is 3.28. The molecule has 1 heterocycles. The highest BCUT2D eigenvalue weighted by Gasteiger charge is 2.37. The molecular formula is C8H14F3NO2. The summed E-state index contributed by atoms with van der Waals surface area (Å²) in [5.74, 6) is 0. The van der Waals surface area contributed by atoms with E-state index in [1.54, 1.807) is 0 Å². The van der Waals surface area contributed by atoms with Gasteiger partial charge < -0.3 is 9.47 Å². The predicted molar refractivity (Wildman–Crippen MR) is 44.1 cm³/mol. The number of rotatable bonds is 2. The number of alkyl halides is 3. The van der Waals surface area contributed by atoms with Crippen LogP contribution in [0.5, 0.6) is 0 Å². The van der Waals surface area contributed by atoms with Crippen LogP contribution in [0.1, 0.15) is 6.92 Å².